The number of ether oxygens (including phenoxy) is 1. The van der Waals surface area contributed by atoms with Gasteiger partial charge in [-0.1, -0.05) is 25.1 Å². The van der Waals surface area contributed by atoms with Crippen LogP contribution in [0.15, 0.2) is 41.2 Å². The number of benzene rings is 1. The van der Waals surface area contributed by atoms with Gasteiger partial charge in [-0.15, -0.1) is 0 Å². The predicted octanol–water partition coefficient (Wildman–Crippen LogP) is 3.98. The lowest BCUT2D eigenvalue weighted by atomic mass is 10.2. The first-order chi connectivity index (χ1) is 11.8. The van der Waals surface area contributed by atoms with Crippen molar-refractivity contribution >= 4 is 0 Å². The zero-order chi connectivity index (χ0) is 18.0. The summed E-state index contributed by atoms with van der Waals surface area (Å²) >= 11 is 0. The summed E-state index contributed by atoms with van der Waals surface area (Å²) in [5.74, 6) is 1.40. The first-order valence-corrected chi connectivity index (χ1v) is 7.50. The Morgan fingerprint density at radius 1 is 1.28 bits per heavy atom. The monoisotopic (exact) mass is 352 g/mol. The Labute approximate surface area is 141 Å². The van der Waals surface area contributed by atoms with Gasteiger partial charge >= 0.3 is 6.18 Å². The Bertz CT molecular complexity index is 855. The van der Waals surface area contributed by atoms with Gasteiger partial charge in [0.15, 0.2) is 12.4 Å². The first kappa shape index (κ1) is 17.0. The lowest BCUT2D eigenvalue weighted by Crippen LogP contribution is -2.06. The van der Waals surface area contributed by atoms with Crippen molar-refractivity contribution in [2.75, 3.05) is 0 Å². The summed E-state index contributed by atoms with van der Waals surface area (Å²) in [4.78, 5) is 4.17. The van der Waals surface area contributed by atoms with Gasteiger partial charge in [0.1, 0.15) is 0 Å². The summed E-state index contributed by atoms with van der Waals surface area (Å²) < 4.78 is 50.2. The molecule has 0 amide bonds. The Morgan fingerprint density at radius 2 is 2.08 bits per heavy atom. The maximum atomic E-state index is 12.8. The molecule has 0 atom stereocenters. The Hall–Kier alpha value is -2.84. The molecule has 132 valence electrons. The molecule has 0 aliphatic carbocycles. The zero-order valence-corrected chi connectivity index (χ0v) is 13.5. The van der Waals surface area contributed by atoms with Gasteiger partial charge in [-0.2, -0.15) is 23.3 Å². The molecule has 2 heterocycles. The minimum Gasteiger partial charge on any atom is -0.482 e. The summed E-state index contributed by atoms with van der Waals surface area (Å²) in [6.07, 6.45) is -1.52. The molecule has 25 heavy (non-hydrogen) atoms. The molecule has 0 saturated heterocycles. The van der Waals surface area contributed by atoms with E-state index in [2.05, 4.69) is 15.2 Å². The fourth-order valence-corrected chi connectivity index (χ4v) is 2.06. The van der Waals surface area contributed by atoms with Crippen molar-refractivity contribution in [2.45, 2.75) is 32.5 Å². The SMILES string of the molecule is CC(C)c1nc(COc2cnn(-c3cccc(C(F)(F)F)c3)c2)no1. The van der Waals surface area contributed by atoms with Crippen molar-refractivity contribution in [1.29, 1.82) is 0 Å². The number of hydrogen-bond donors (Lipinski definition) is 0. The van der Waals surface area contributed by atoms with Crippen LogP contribution in [0.3, 0.4) is 0 Å². The van der Waals surface area contributed by atoms with Gasteiger partial charge in [-0.05, 0) is 18.2 Å². The molecule has 9 heteroatoms. The van der Waals surface area contributed by atoms with Crippen molar-refractivity contribution in [3.63, 3.8) is 0 Å². The highest BCUT2D eigenvalue weighted by molar-refractivity contribution is 5.37. The third-order valence-electron chi connectivity index (χ3n) is 3.34. The van der Waals surface area contributed by atoms with Crippen LogP contribution in [0.4, 0.5) is 13.2 Å². The van der Waals surface area contributed by atoms with Crippen LogP contribution in [0, 0.1) is 0 Å². The van der Waals surface area contributed by atoms with Crippen LogP contribution in [0.5, 0.6) is 5.75 Å². The topological polar surface area (TPSA) is 66.0 Å². The standard InChI is InChI=1S/C16H15F3N4O2/c1-10(2)15-21-14(22-25-15)9-24-13-7-20-23(8-13)12-5-3-4-11(6-12)16(17,18)19/h3-8,10H,9H2,1-2H3. The quantitative estimate of drug-likeness (QED) is 0.695. The summed E-state index contributed by atoms with van der Waals surface area (Å²) in [6.45, 7) is 3.93. The maximum Gasteiger partial charge on any atom is 0.416 e. The average Bonchev–Trinajstić information content (AvgIpc) is 3.22. The minimum absolute atomic E-state index is 0.0739. The maximum absolute atomic E-state index is 12.8. The highest BCUT2D eigenvalue weighted by atomic mass is 19.4. The molecule has 0 aliphatic rings. The van der Waals surface area contributed by atoms with Crippen molar-refractivity contribution in [3.8, 4) is 11.4 Å². The van der Waals surface area contributed by atoms with Crippen molar-refractivity contribution < 1.29 is 22.4 Å². The third-order valence-corrected chi connectivity index (χ3v) is 3.34. The molecule has 1 aromatic carbocycles. The highest BCUT2D eigenvalue weighted by Gasteiger charge is 2.30. The molecule has 0 unspecified atom stereocenters. The summed E-state index contributed by atoms with van der Waals surface area (Å²) in [5, 5.41) is 7.81. The molecular formula is C16H15F3N4O2. The zero-order valence-electron chi connectivity index (χ0n) is 13.5. The minimum atomic E-state index is -4.41. The molecule has 0 aliphatic heterocycles. The summed E-state index contributed by atoms with van der Waals surface area (Å²) in [6, 6.07) is 4.88. The number of hydrogen-bond acceptors (Lipinski definition) is 5. The van der Waals surface area contributed by atoms with Gasteiger partial charge in [0, 0.05) is 5.92 Å². The number of nitrogens with zero attached hydrogens (tertiary/aromatic N) is 4. The number of aromatic nitrogens is 4. The molecule has 3 rings (SSSR count). The van der Waals surface area contributed by atoms with E-state index in [1.165, 1.54) is 29.2 Å². The van der Waals surface area contributed by atoms with Gasteiger partial charge in [0.25, 0.3) is 0 Å². The molecule has 0 fully saturated rings. The van der Waals surface area contributed by atoms with Crippen LogP contribution in [-0.2, 0) is 12.8 Å². The van der Waals surface area contributed by atoms with Crippen molar-refractivity contribution in [2.24, 2.45) is 0 Å². The third kappa shape index (κ3) is 3.98. The van der Waals surface area contributed by atoms with Gasteiger partial charge in [-0.25, -0.2) is 4.68 Å². The lowest BCUT2D eigenvalue weighted by molar-refractivity contribution is -0.137. The van der Waals surface area contributed by atoms with E-state index in [9.17, 15) is 13.2 Å². The van der Waals surface area contributed by atoms with Gasteiger partial charge < -0.3 is 9.26 Å². The second-order valence-corrected chi connectivity index (χ2v) is 5.66. The highest BCUT2D eigenvalue weighted by Crippen LogP contribution is 2.30. The van der Waals surface area contributed by atoms with Crippen LogP contribution >= 0.6 is 0 Å². The van der Waals surface area contributed by atoms with Crippen LogP contribution in [0.1, 0.15) is 37.0 Å². The molecule has 0 spiro atoms. The Kier molecular flexibility index (Phi) is 4.47. The van der Waals surface area contributed by atoms with E-state index in [4.69, 9.17) is 9.26 Å². The van der Waals surface area contributed by atoms with E-state index in [1.54, 1.807) is 0 Å². The van der Waals surface area contributed by atoms with E-state index in [0.717, 1.165) is 12.1 Å². The molecule has 0 saturated carbocycles. The van der Waals surface area contributed by atoms with Crippen molar-refractivity contribution in [3.05, 3.63) is 53.9 Å². The second kappa shape index (κ2) is 6.58. The van der Waals surface area contributed by atoms with Crippen LogP contribution in [0.25, 0.3) is 5.69 Å². The van der Waals surface area contributed by atoms with E-state index in [-0.39, 0.29) is 18.2 Å². The largest absolute Gasteiger partial charge is 0.482 e. The van der Waals surface area contributed by atoms with Crippen molar-refractivity contribution in [1.82, 2.24) is 19.9 Å². The predicted molar refractivity (Wildman–Crippen MR) is 81.3 cm³/mol. The van der Waals surface area contributed by atoms with Crippen LogP contribution in [-0.4, -0.2) is 19.9 Å². The molecule has 3 aromatic rings. The van der Waals surface area contributed by atoms with E-state index in [1.807, 2.05) is 13.8 Å². The fraction of sp³-hybridized carbons (Fsp3) is 0.312. The summed E-state index contributed by atoms with van der Waals surface area (Å²) in [5.41, 5.74) is -0.456. The normalized spacial score (nSPS) is 11.9. The van der Waals surface area contributed by atoms with Gasteiger partial charge in [-0.3, -0.25) is 0 Å². The fourth-order valence-electron chi connectivity index (χ4n) is 2.06. The van der Waals surface area contributed by atoms with E-state index < -0.39 is 11.7 Å². The average molecular weight is 352 g/mol. The van der Waals surface area contributed by atoms with Gasteiger partial charge in [0.05, 0.1) is 23.6 Å². The molecular weight excluding hydrogens is 337 g/mol. The first-order valence-electron chi connectivity index (χ1n) is 7.50. The molecule has 6 nitrogen and oxygen atoms in total. The lowest BCUT2D eigenvalue weighted by Gasteiger charge is -2.08. The molecule has 0 radical (unpaired) electrons. The Balaban J connectivity index is 1.70. The Morgan fingerprint density at radius 3 is 2.76 bits per heavy atom. The number of halogens is 3. The smallest absolute Gasteiger partial charge is 0.416 e. The molecule has 0 N–H and O–H groups in total. The summed E-state index contributed by atoms with van der Waals surface area (Å²) in [7, 11) is 0. The van der Waals surface area contributed by atoms with E-state index >= 15 is 0 Å². The van der Waals surface area contributed by atoms with Crippen LogP contribution in [0.2, 0.25) is 0 Å². The van der Waals surface area contributed by atoms with Gasteiger partial charge in [0.2, 0.25) is 11.7 Å². The van der Waals surface area contributed by atoms with E-state index in [0.29, 0.717) is 17.5 Å². The number of rotatable bonds is 5. The van der Waals surface area contributed by atoms with Crippen LogP contribution < -0.4 is 4.74 Å². The number of alkyl halides is 3. The molecule has 2 aromatic heterocycles. The second-order valence-electron chi connectivity index (χ2n) is 5.66. The molecule has 0 bridgehead atoms.